The first kappa shape index (κ1) is 22.5. The Labute approximate surface area is 176 Å². The summed E-state index contributed by atoms with van der Waals surface area (Å²) in [7, 11) is 0. The van der Waals surface area contributed by atoms with E-state index in [-0.39, 0.29) is 11.0 Å². The summed E-state index contributed by atoms with van der Waals surface area (Å²) in [4.78, 5) is 18.6. The molecular formula is C21H24F4N2O2S. The van der Waals surface area contributed by atoms with Gasteiger partial charge in [-0.3, -0.25) is 4.79 Å². The van der Waals surface area contributed by atoms with Crippen LogP contribution < -0.4 is 9.54 Å². The number of thiazole rings is 1. The first-order valence-electron chi connectivity index (χ1n) is 9.63. The zero-order valence-electron chi connectivity index (χ0n) is 17.2. The predicted molar refractivity (Wildman–Crippen MR) is 106 cm³/mol. The molecule has 3 rings (SSSR count). The summed E-state index contributed by atoms with van der Waals surface area (Å²) in [5, 5.41) is 0. The molecule has 0 spiro atoms. The second kappa shape index (κ2) is 8.17. The third kappa shape index (κ3) is 5.11. The summed E-state index contributed by atoms with van der Waals surface area (Å²) in [5.74, 6) is -0.606. The maximum absolute atomic E-state index is 13.2. The number of nitrogens with zero attached hydrogens (tertiary/aromatic N) is 2. The Morgan fingerprint density at radius 1 is 1.30 bits per heavy atom. The van der Waals surface area contributed by atoms with Gasteiger partial charge in [-0.1, -0.05) is 26.8 Å². The molecule has 1 saturated carbocycles. The molecule has 0 saturated heterocycles. The normalized spacial score (nSPS) is 15.7. The lowest BCUT2D eigenvalue weighted by molar-refractivity contribution is -0.253. The Balaban J connectivity index is 1.95. The van der Waals surface area contributed by atoms with E-state index in [0.717, 1.165) is 42.1 Å². The molecule has 1 aliphatic rings. The van der Waals surface area contributed by atoms with Crippen LogP contribution in [0.5, 0.6) is 5.75 Å². The van der Waals surface area contributed by atoms with E-state index in [1.54, 1.807) is 0 Å². The molecule has 1 aliphatic carbocycles. The van der Waals surface area contributed by atoms with E-state index in [0.29, 0.717) is 10.7 Å². The summed E-state index contributed by atoms with van der Waals surface area (Å²) < 4.78 is 57.2. The van der Waals surface area contributed by atoms with E-state index in [2.05, 4.69) is 30.5 Å². The molecule has 0 unspecified atom stereocenters. The van der Waals surface area contributed by atoms with Crippen LogP contribution in [0.1, 0.15) is 54.5 Å². The summed E-state index contributed by atoms with van der Waals surface area (Å²) in [6, 6.07) is 4.76. The maximum Gasteiger partial charge on any atom is 0.461 e. The van der Waals surface area contributed by atoms with Crippen LogP contribution in [0.3, 0.4) is 0 Å². The standard InChI is InChI=1S/C21H24F4N2O2S/c1-12-16(20(2,3)4)30-19(27(12)11-13-8-9-13)26-17(28)14-6-5-7-15(10-14)29-21(24,25)18(22)23/h5-7,10,13,18H,8-9,11H2,1-4H3. The van der Waals surface area contributed by atoms with Crippen molar-refractivity contribution in [3.63, 3.8) is 0 Å². The van der Waals surface area contributed by atoms with Gasteiger partial charge in [-0.05, 0) is 49.3 Å². The molecule has 0 bridgehead atoms. The van der Waals surface area contributed by atoms with Crippen LogP contribution >= 0.6 is 11.3 Å². The molecule has 0 atom stereocenters. The highest BCUT2D eigenvalue weighted by atomic mass is 32.1. The molecule has 2 aromatic rings. The number of amides is 1. The average Bonchev–Trinajstić information content (AvgIpc) is 3.40. The quantitative estimate of drug-likeness (QED) is 0.549. The Morgan fingerprint density at radius 3 is 2.53 bits per heavy atom. The molecule has 1 fully saturated rings. The van der Waals surface area contributed by atoms with Gasteiger partial charge in [-0.15, -0.1) is 11.3 Å². The number of halogens is 4. The second-order valence-electron chi connectivity index (χ2n) is 8.51. The minimum absolute atomic E-state index is 0.0149. The van der Waals surface area contributed by atoms with Crippen LogP contribution in [0.2, 0.25) is 0 Å². The number of ether oxygens (including phenoxy) is 1. The topological polar surface area (TPSA) is 43.6 Å². The van der Waals surface area contributed by atoms with E-state index in [9.17, 15) is 22.4 Å². The van der Waals surface area contributed by atoms with Gasteiger partial charge in [0.15, 0.2) is 4.80 Å². The minimum Gasteiger partial charge on any atom is -0.428 e. The monoisotopic (exact) mass is 444 g/mol. The van der Waals surface area contributed by atoms with E-state index in [4.69, 9.17) is 0 Å². The van der Waals surface area contributed by atoms with Gasteiger partial charge < -0.3 is 9.30 Å². The number of hydrogen-bond donors (Lipinski definition) is 0. The van der Waals surface area contributed by atoms with Gasteiger partial charge in [0, 0.05) is 22.7 Å². The molecule has 1 heterocycles. The number of rotatable bonds is 6. The highest BCUT2D eigenvalue weighted by molar-refractivity contribution is 7.09. The van der Waals surface area contributed by atoms with Gasteiger partial charge in [0.05, 0.1) is 0 Å². The molecule has 4 nitrogen and oxygen atoms in total. The van der Waals surface area contributed by atoms with Gasteiger partial charge in [-0.25, -0.2) is 0 Å². The largest absolute Gasteiger partial charge is 0.461 e. The van der Waals surface area contributed by atoms with Crippen molar-refractivity contribution in [2.75, 3.05) is 0 Å². The number of hydrogen-bond acceptors (Lipinski definition) is 3. The number of alkyl halides is 4. The lowest BCUT2D eigenvalue weighted by Crippen LogP contribution is -2.33. The lowest BCUT2D eigenvalue weighted by Gasteiger charge is -2.17. The molecule has 0 aliphatic heterocycles. The molecule has 1 amide bonds. The van der Waals surface area contributed by atoms with Gasteiger partial charge in [0.1, 0.15) is 5.75 Å². The summed E-state index contributed by atoms with van der Waals surface area (Å²) in [6.07, 6.45) is -6.34. The second-order valence-corrected chi connectivity index (χ2v) is 9.49. The number of carbonyl (C=O) groups excluding carboxylic acids is 1. The molecule has 30 heavy (non-hydrogen) atoms. The van der Waals surface area contributed by atoms with Crippen molar-refractivity contribution in [3.05, 3.63) is 45.2 Å². The highest BCUT2D eigenvalue weighted by Gasteiger charge is 2.44. The van der Waals surface area contributed by atoms with Crippen molar-refractivity contribution in [2.24, 2.45) is 10.9 Å². The Bertz CT molecular complexity index is 1000. The zero-order valence-corrected chi connectivity index (χ0v) is 18.0. The SMILES string of the molecule is Cc1c(C(C)(C)C)sc(=NC(=O)c2cccc(OC(F)(F)C(F)F)c2)n1CC1CC1. The van der Waals surface area contributed by atoms with Crippen molar-refractivity contribution in [1.29, 1.82) is 0 Å². The number of benzene rings is 1. The number of carbonyl (C=O) groups is 1. The van der Waals surface area contributed by atoms with E-state index >= 15 is 0 Å². The Kier molecular flexibility index (Phi) is 6.13. The maximum atomic E-state index is 13.2. The summed E-state index contributed by atoms with van der Waals surface area (Å²) in [5.41, 5.74) is 0.921. The van der Waals surface area contributed by atoms with Gasteiger partial charge in [-0.2, -0.15) is 22.6 Å². The van der Waals surface area contributed by atoms with Gasteiger partial charge in [0.25, 0.3) is 5.91 Å². The Hall–Kier alpha value is -2.16. The van der Waals surface area contributed by atoms with E-state index in [1.807, 2.05) is 11.5 Å². The van der Waals surface area contributed by atoms with Crippen molar-refractivity contribution >= 4 is 17.2 Å². The van der Waals surface area contributed by atoms with E-state index in [1.165, 1.54) is 23.5 Å². The molecule has 0 N–H and O–H groups in total. The highest BCUT2D eigenvalue weighted by Crippen LogP contribution is 2.34. The summed E-state index contributed by atoms with van der Waals surface area (Å²) >= 11 is 1.43. The molecule has 164 valence electrons. The van der Waals surface area contributed by atoms with Crippen molar-refractivity contribution < 1.29 is 27.1 Å². The van der Waals surface area contributed by atoms with Crippen LogP contribution in [0.4, 0.5) is 17.6 Å². The predicted octanol–water partition coefficient (Wildman–Crippen LogP) is 5.54. The first-order chi connectivity index (χ1) is 13.9. The van der Waals surface area contributed by atoms with Crippen LogP contribution in [0.25, 0.3) is 0 Å². The van der Waals surface area contributed by atoms with Crippen LogP contribution in [0.15, 0.2) is 29.3 Å². The third-order valence-electron chi connectivity index (χ3n) is 4.76. The van der Waals surface area contributed by atoms with Crippen molar-refractivity contribution in [3.8, 4) is 5.75 Å². The molecule has 1 aromatic carbocycles. The smallest absolute Gasteiger partial charge is 0.428 e. The molecule has 1 aromatic heterocycles. The molecule has 0 radical (unpaired) electrons. The van der Waals surface area contributed by atoms with Crippen LogP contribution in [-0.2, 0) is 12.0 Å². The van der Waals surface area contributed by atoms with Gasteiger partial charge in [0.2, 0.25) is 0 Å². The van der Waals surface area contributed by atoms with Crippen molar-refractivity contribution in [1.82, 2.24) is 4.57 Å². The lowest BCUT2D eigenvalue weighted by atomic mass is 9.93. The first-order valence-corrected chi connectivity index (χ1v) is 10.4. The fourth-order valence-corrected chi connectivity index (χ4v) is 4.28. The van der Waals surface area contributed by atoms with Gasteiger partial charge >= 0.3 is 12.5 Å². The van der Waals surface area contributed by atoms with E-state index < -0.39 is 24.2 Å². The fourth-order valence-electron chi connectivity index (χ4n) is 3.08. The molecular weight excluding hydrogens is 420 g/mol. The summed E-state index contributed by atoms with van der Waals surface area (Å²) in [6.45, 7) is 9.03. The zero-order chi connectivity index (χ0) is 22.3. The molecule has 9 heteroatoms. The minimum atomic E-state index is -4.64. The fraction of sp³-hybridized carbons (Fsp3) is 0.524. The third-order valence-corrected chi connectivity index (χ3v) is 6.37. The average molecular weight is 444 g/mol. The number of aromatic nitrogens is 1. The van der Waals surface area contributed by atoms with Crippen LogP contribution in [-0.4, -0.2) is 23.0 Å². The van der Waals surface area contributed by atoms with Crippen molar-refractivity contribution in [2.45, 2.75) is 65.0 Å². The van der Waals surface area contributed by atoms with Crippen LogP contribution in [0, 0.1) is 12.8 Å². The Morgan fingerprint density at radius 2 is 1.97 bits per heavy atom.